The van der Waals surface area contributed by atoms with Crippen LogP contribution in [0.2, 0.25) is 5.02 Å². The van der Waals surface area contributed by atoms with Crippen molar-refractivity contribution in [2.45, 2.75) is 20.0 Å². The lowest BCUT2D eigenvalue weighted by atomic mass is 10.1. The molecule has 2 amide bonds. The first kappa shape index (κ1) is 23.1. The highest BCUT2D eigenvalue weighted by molar-refractivity contribution is 7.13. The van der Waals surface area contributed by atoms with Gasteiger partial charge in [-0.25, -0.2) is 4.98 Å². The molecule has 1 unspecified atom stereocenters. The highest BCUT2D eigenvalue weighted by atomic mass is 35.5. The first-order chi connectivity index (χ1) is 16.9. The molecule has 0 aliphatic carbocycles. The zero-order chi connectivity index (χ0) is 24.5. The summed E-state index contributed by atoms with van der Waals surface area (Å²) in [5.41, 5.74) is 4.70. The van der Waals surface area contributed by atoms with Crippen LogP contribution in [0, 0.1) is 6.92 Å². The summed E-state index contributed by atoms with van der Waals surface area (Å²) in [5.74, 6) is -0.0655. The number of aromatic nitrogens is 1. The number of amides is 2. The van der Waals surface area contributed by atoms with Crippen LogP contribution in [0.1, 0.15) is 12.5 Å². The van der Waals surface area contributed by atoms with Crippen molar-refractivity contribution in [3.05, 3.63) is 82.7 Å². The molecule has 0 fully saturated rings. The molecular formula is C27H22ClN3O3S. The lowest BCUT2D eigenvalue weighted by molar-refractivity contribution is -0.127. The SMILES string of the molecule is Cc1ccc(NC(=O)CN2C(=O)C(C)Oc3ccc(-c4csc(-c5ccccc5)n4)cc32)cc1Cl. The normalized spacial score (nSPS) is 14.9. The molecule has 35 heavy (non-hydrogen) atoms. The number of nitrogens with one attached hydrogen (secondary N) is 1. The molecule has 0 saturated heterocycles. The summed E-state index contributed by atoms with van der Waals surface area (Å²) >= 11 is 7.73. The zero-order valence-corrected chi connectivity index (χ0v) is 20.7. The second kappa shape index (κ2) is 9.52. The van der Waals surface area contributed by atoms with Gasteiger partial charge >= 0.3 is 0 Å². The first-order valence-electron chi connectivity index (χ1n) is 11.1. The minimum atomic E-state index is -0.695. The topological polar surface area (TPSA) is 71.5 Å². The average Bonchev–Trinajstić information content (AvgIpc) is 3.35. The summed E-state index contributed by atoms with van der Waals surface area (Å²) in [5, 5.41) is 6.28. The highest BCUT2D eigenvalue weighted by Gasteiger charge is 2.33. The molecule has 1 aromatic heterocycles. The van der Waals surface area contributed by atoms with E-state index in [0.717, 1.165) is 27.4 Å². The minimum absolute atomic E-state index is 0.152. The van der Waals surface area contributed by atoms with Crippen molar-refractivity contribution in [3.63, 3.8) is 0 Å². The predicted octanol–water partition coefficient (Wildman–Crippen LogP) is 6.19. The Bertz CT molecular complexity index is 1420. The summed E-state index contributed by atoms with van der Waals surface area (Å²) in [6.45, 7) is 3.42. The van der Waals surface area contributed by atoms with Crippen molar-refractivity contribution in [1.29, 1.82) is 0 Å². The van der Waals surface area contributed by atoms with Crippen molar-refractivity contribution < 1.29 is 14.3 Å². The standard InChI is InChI=1S/C27H22ClN3O3S/c1-16-8-10-20(13-21(16)28)29-25(32)14-31-23-12-19(9-11-24(23)34-17(2)27(31)33)22-15-35-26(30-22)18-6-4-3-5-7-18/h3-13,15,17H,14H2,1-2H3,(H,29,32). The van der Waals surface area contributed by atoms with Crippen molar-refractivity contribution in [1.82, 2.24) is 4.98 Å². The minimum Gasteiger partial charge on any atom is -0.479 e. The molecule has 0 saturated carbocycles. The van der Waals surface area contributed by atoms with Gasteiger partial charge in [0.15, 0.2) is 6.10 Å². The van der Waals surface area contributed by atoms with Gasteiger partial charge in [0.25, 0.3) is 5.91 Å². The van der Waals surface area contributed by atoms with Crippen molar-refractivity contribution in [3.8, 4) is 27.6 Å². The van der Waals surface area contributed by atoms with Crippen LogP contribution in [0.15, 0.2) is 72.1 Å². The van der Waals surface area contributed by atoms with Gasteiger partial charge in [0.05, 0.1) is 11.4 Å². The molecule has 1 aliphatic rings. The third-order valence-corrected chi connectivity index (χ3v) is 7.04. The summed E-state index contributed by atoms with van der Waals surface area (Å²) < 4.78 is 5.81. The van der Waals surface area contributed by atoms with E-state index in [1.165, 1.54) is 4.90 Å². The fourth-order valence-electron chi connectivity index (χ4n) is 3.86. The van der Waals surface area contributed by atoms with Crippen LogP contribution in [0.25, 0.3) is 21.8 Å². The lowest BCUT2D eigenvalue weighted by Crippen LogP contribution is -2.47. The molecule has 1 aliphatic heterocycles. The number of aryl methyl sites for hydroxylation is 1. The molecular weight excluding hydrogens is 482 g/mol. The number of halogens is 1. The van der Waals surface area contributed by atoms with E-state index in [1.807, 2.05) is 66.9 Å². The predicted molar refractivity (Wildman–Crippen MR) is 140 cm³/mol. The number of fused-ring (bicyclic) bond motifs is 1. The fourth-order valence-corrected chi connectivity index (χ4v) is 4.88. The van der Waals surface area contributed by atoms with Crippen molar-refractivity contribution in [2.75, 3.05) is 16.8 Å². The average molecular weight is 504 g/mol. The second-order valence-electron chi connectivity index (χ2n) is 8.28. The Labute approximate surface area is 212 Å². The van der Waals surface area contributed by atoms with Gasteiger partial charge in [-0.15, -0.1) is 11.3 Å². The van der Waals surface area contributed by atoms with Crippen LogP contribution in [-0.4, -0.2) is 29.4 Å². The Morgan fingerprint density at radius 2 is 1.91 bits per heavy atom. The van der Waals surface area contributed by atoms with Gasteiger partial charge in [0.2, 0.25) is 5.91 Å². The van der Waals surface area contributed by atoms with Gasteiger partial charge in [-0.3, -0.25) is 14.5 Å². The first-order valence-corrected chi connectivity index (χ1v) is 12.3. The van der Waals surface area contributed by atoms with Gasteiger partial charge in [-0.2, -0.15) is 0 Å². The largest absolute Gasteiger partial charge is 0.479 e. The van der Waals surface area contributed by atoms with Crippen molar-refractivity contribution >= 4 is 46.1 Å². The molecule has 1 N–H and O–H groups in total. The number of anilines is 2. The van der Waals surface area contributed by atoms with E-state index in [0.29, 0.717) is 22.1 Å². The number of benzene rings is 3. The molecule has 2 heterocycles. The number of thiazole rings is 1. The van der Waals surface area contributed by atoms with E-state index in [2.05, 4.69) is 5.32 Å². The molecule has 176 valence electrons. The van der Waals surface area contributed by atoms with Crippen LogP contribution in [0.4, 0.5) is 11.4 Å². The van der Waals surface area contributed by atoms with Gasteiger partial charge in [-0.05, 0) is 49.7 Å². The second-order valence-corrected chi connectivity index (χ2v) is 9.55. The Morgan fingerprint density at radius 3 is 2.69 bits per heavy atom. The molecule has 1 atom stereocenters. The maximum absolute atomic E-state index is 13.0. The van der Waals surface area contributed by atoms with E-state index in [9.17, 15) is 9.59 Å². The van der Waals surface area contributed by atoms with Gasteiger partial charge in [0.1, 0.15) is 17.3 Å². The number of rotatable bonds is 5. The molecule has 0 radical (unpaired) electrons. The third kappa shape index (κ3) is 4.78. The van der Waals surface area contributed by atoms with Gasteiger partial charge in [0, 0.05) is 27.2 Å². The van der Waals surface area contributed by atoms with E-state index < -0.39 is 6.10 Å². The molecule has 0 bridgehead atoms. The number of carbonyl (C=O) groups is 2. The van der Waals surface area contributed by atoms with E-state index in [4.69, 9.17) is 21.3 Å². The molecule has 8 heteroatoms. The van der Waals surface area contributed by atoms with Crippen LogP contribution < -0.4 is 15.0 Å². The molecule has 0 spiro atoms. The Balaban J connectivity index is 1.42. The van der Waals surface area contributed by atoms with Crippen LogP contribution in [-0.2, 0) is 9.59 Å². The smallest absolute Gasteiger partial charge is 0.268 e. The maximum Gasteiger partial charge on any atom is 0.268 e. The Morgan fingerprint density at radius 1 is 1.11 bits per heavy atom. The van der Waals surface area contributed by atoms with Crippen LogP contribution in [0.3, 0.4) is 0 Å². The van der Waals surface area contributed by atoms with E-state index >= 15 is 0 Å². The van der Waals surface area contributed by atoms with Crippen molar-refractivity contribution in [2.24, 2.45) is 0 Å². The Kier molecular flexibility index (Phi) is 6.28. The summed E-state index contributed by atoms with van der Waals surface area (Å²) in [6.07, 6.45) is -0.695. The quantitative estimate of drug-likeness (QED) is 0.352. The zero-order valence-electron chi connectivity index (χ0n) is 19.1. The fraction of sp³-hybridized carbons (Fsp3) is 0.148. The van der Waals surface area contributed by atoms with E-state index in [1.54, 1.807) is 30.4 Å². The summed E-state index contributed by atoms with van der Waals surface area (Å²) in [6, 6.07) is 20.8. The van der Waals surface area contributed by atoms with Gasteiger partial charge in [-0.1, -0.05) is 48.0 Å². The van der Waals surface area contributed by atoms with Gasteiger partial charge < -0.3 is 10.1 Å². The number of carbonyl (C=O) groups excluding carboxylic acids is 2. The summed E-state index contributed by atoms with van der Waals surface area (Å²) in [7, 11) is 0. The lowest BCUT2D eigenvalue weighted by Gasteiger charge is -2.32. The highest BCUT2D eigenvalue weighted by Crippen LogP contribution is 2.38. The number of nitrogens with zero attached hydrogens (tertiary/aromatic N) is 2. The third-order valence-electron chi connectivity index (χ3n) is 5.75. The number of hydrogen-bond donors (Lipinski definition) is 1. The monoisotopic (exact) mass is 503 g/mol. The van der Waals surface area contributed by atoms with E-state index in [-0.39, 0.29) is 18.4 Å². The number of ether oxygens (including phenoxy) is 1. The summed E-state index contributed by atoms with van der Waals surface area (Å²) in [4.78, 5) is 32.1. The molecule has 5 rings (SSSR count). The number of hydrogen-bond acceptors (Lipinski definition) is 5. The molecule has 6 nitrogen and oxygen atoms in total. The van der Waals surface area contributed by atoms with Crippen LogP contribution >= 0.6 is 22.9 Å². The van der Waals surface area contributed by atoms with Crippen LogP contribution in [0.5, 0.6) is 5.75 Å². The Hall–Kier alpha value is -3.68. The molecule has 3 aromatic carbocycles. The molecule has 4 aromatic rings. The maximum atomic E-state index is 13.0.